The zero-order valence-electron chi connectivity index (χ0n) is 9.74. The summed E-state index contributed by atoms with van der Waals surface area (Å²) in [4.78, 5) is 23.8. The molecule has 0 saturated carbocycles. The summed E-state index contributed by atoms with van der Waals surface area (Å²) in [5.41, 5.74) is 0. The van der Waals surface area contributed by atoms with Crippen LogP contribution in [0.15, 0.2) is 0 Å². The van der Waals surface area contributed by atoms with Gasteiger partial charge in [-0.1, -0.05) is 0 Å². The lowest BCUT2D eigenvalue weighted by Crippen LogP contribution is -2.39. The number of nitrogens with one attached hydrogen (secondary N) is 1. The van der Waals surface area contributed by atoms with Gasteiger partial charge in [0.15, 0.2) is 0 Å². The molecule has 1 unspecified atom stereocenters. The highest BCUT2D eigenvalue weighted by molar-refractivity contribution is 5.80. The molecule has 0 aromatic carbocycles. The number of aliphatic carboxylic acids is 1. The third kappa shape index (κ3) is 5.11. The fourth-order valence-electron chi connectivity index (χ4n) is 2.01. The number of likely N-dealkylation sites (tertiary alicyclic amines) is 1. The van der Waals surface area contributed by atoms with Crippen LogP contribution in [0.1, 0.15) is 25.7 Å². The number of piperidine rings is 1. The number of nitrogens with zero attached hydrogens (tertiary/aromatic N) is 1. The molecule has 1 fully saturated rings. The molecule has 1 atom stereocenters. The lowest BCUT2D eigenvalue weighted by Gasteiger charge is -2.29. The fraction of sp³-hybridized carbons (Fsp3) is 0.818. The third-order valence-electron chi connectivity index (χ3n) is 2.88. The van der Waals surface area contributed by atoms with E-state index in [-0.39, 0.29) is 18.7 Å². The predicted molar refractivity (Wildman–Crippen MR) is 60.1 cm³/mol. The van der Waals surface area contributed by atoms with E-state index in [4.69, 9.17) is 5.11 Å². The number of carbonyl (C=O) groups excluding carboxylic acids is 1. The van der Waals surface area contributed by atoms with Crippen molar-refractivity contribution in [2.45, 2.75) is 25.7 Å². The summed E-state index contributed by atoms with van der Waals surface area (Å²) in [6.07, 6.45) is 2.31. The number of hydrogen-bond donors (Lipinski definition) is 2. The summed E-state index contributed by atoms with van der Waals surface area (Å²) in [6.45, 7) is 2.81. The molecule has 1 saturated heterocycles. The highest BCUT2D eigenvalue weighted by atomic mass is 16.4. The molecule has 92 valence electrons. The third-order valence-corrected chi connectivity index (χ3v) is 2.88. The number of hydrogen-bond acceptors (Lipinski definition) is 3. The van der Waals surface area contributed by atoms with Gasteiger partial charge in [-0.15, -0.1) is 0 Å². The molecule has 16 heavy (non-hydrogen) atoms. The van der Waals surface area contributed by atoms with E-state index in [1.807, 2.05) is 0 Å². The maximum absolute atomic E-state index is 11.3. The number of carboxylic acid groups (broad SMARTS) is 1. The molecular weight excluding hydrogens is 208 g/mol. The Bertz CT molecular complexity index is 256. The summed E-state index contributed by atoms with van der Waals surface area (Å²) in [5.74, 6) is -0.573. The number of carbonyl (C=O) groups is 2. The van der Waals surface area contributed by atoms with Crippen LogP contribution in [0.25, 0.3) is 0 Å². The number of rotatable bonds is 5. The molecule has 0 bridgehead atoms. The van der Waals surface area contributed by atoms with Crippen molar-refractivity contribution in [3.63, 3.8) is 0 Å². The number of amides is 1. The van der Waals surface area contributed by atoms with Crippen LogP contribution in [-0.2, 0) is 9.59 Å². The summed E-state index contributed by atoms with van der Waals surface area (Å²) >= 11 is 0. The molecule has 0 spiro atoms. The highest BCUT2D eigenvalue weighted by Gasteiger charge is 2.17. The summed E-state index contributed by atoms with van der Waals surface area (Å²) in [7, 11) is 2.08. The minimum atomic E-state index is -0.924. The smallest absolute Gasteiger partial charge is 0.303 e. The van der Waals surface area contributed by atoms with E-state index < -0.39 is 5.97 Å². The largest absolute Gasteiger partial charge is 0.481 e. The van der Waals surface area contributed by atoms with Crippen molar-refractivity contribution in [1.82, 2.24) is 10.2 Å². The van der Waals surface area contributed by atoms with Gasteiger partial charge in [0.25, 0.3) is 0 Å². The fourth-order valence-corrected chi connectivity index (χ4v) is 2.01. The van der Waals surface area contributed by atoms with Gasteiger partial charge in [0.05, 0.1) is 6.42 Å². The maximum atomic E-state index is 11.3. The van der Waals surface area contributed by atoms with Crippen LogP contribution in [0.4, 0.5) is 0 Å². The topological polar surface area (TPSA) is 69.6 Å². The van der Waals surface area contributed by atoms with Gasteiger partial charge >= 0.3 is 5.97 Å². The minimum absolute atomic E-state index is 0.0812. The van der Waals surface area contributed by atoms with E-state index in [0.29, 0.717) is 12.5 Å². The second kappa shape index (κ2) is 6.48. The molecule has 5 nitrogen and oxygen atoms in total. The van der Waals surface area contributed by atoms with Gasteiger partial charge in [-0.2, -0.15) is 0 Å². The van der Waals surface area contributed by atoms with E-state index in [1.165, 1.54) is 6.42 Å². The Hall–Kier alpha value is -1.10. The number of carboxylic acids is 1. The zero-order valence-corrected chi connectivity index (χ0v) is 9.74. The lowest BCUT2D eigenvalue weighted by molar-refractivity contribution is -0.138. The van der Waals surface area contributed by atoms with E-state index in [0.717, 1.165) is 19.5 Å². The molecule has 5 heteroatoms. The summed E-state index contributed by atoms with van der Waals surface area (Å²) in [5, 5.41) is 11.2. The predicted octanol–water partition coefficient (Wildman–Crippen LogP) is 0.309. The average Bonchev–Trinajstić information content (AvgIpc) is 2.23. The summed E-state index contributed by atoms with van der Waals surface area (Å²) < 4.78 is 0. The molecule has 0 radical (unpaired) electrons. The highest BCUT2D eigenvalue weighted by Crippen LogP contribution is 2.13. The van der Waals surface area contributed by atoms with E-state index in [2.05, 4.69) is 17.3 Å². The summed E-state index contributed by atoms with van der Waals surface area (Å²) in [6, 6.07) is 0. The molecular formula is C11H20N2O3. The van der Waals surface area contributed by atoms with Gasteiger partial charge in [-0.05, 0) is 32.4 Å². The lowest BCUT2D eigenvalue weighted by atomic mass is 9.98. The molecule has 1 heterocycles. The Labute approximate surface area is 95.8 Å². The normalized spacial score (nSPS) is 21.7. The van der Waals surface area contributed by atoms with Gasteiger partial charge < -0.3 is 15.3 Å². The molecule has 1 aliphatic heterocycles. The van der Waals surface area contributed by atoms with Gasteiger partial charge in [-0.3, -0.25) is 9.59 Å². The van der Waals surface area contributed by atoms with Crippen LogP contribution in [0, 0.1) is 5.92 Å². The molecule has 1 aliphatic rings. The minimum Gasteiger partial charge on any atom is -0.481 e. The van der Waals surface area contributed by atoms with Gasteiger partial charge in [0.1, 0.15) is 0 Å². The van der Waals surface area contributed by atoms with Crippen molar-refractivity contribution in [2.75, 3.05) is 26.7 Å². The van der Waals surface area contributed by atoms with Crippen LogP contribution in [0.3, 0.4) is 0 Å². The van der Waals surface area contributed by atoms with Crippen LogP contribution >= 0.6 is 0 Å². The van der Waals surface area contributed by atoms with Crippen molar-refractivity contribution in [3.8, 4) is 0 Å². The SMILES string of the molecule is CN1CCCC(CNC(=O)CCC(=O)O)C1. The Balaban J connectivity index is 2.13. The van der Waals surface area contributed by atoms with E-state index >= 15 is 0 Å². The zero-order chi connectivity index (χ0) is 12.0. The quantitative estimate of drug-likeness (QED) is 0.710. The second-order valence-electron chi connectivity index (χ2n) is 4.47. The first-order valence-electron chi connectivity index (χ1n) is 5.75. The van der Waals surface area contributed by atoms with Crippen molar-refractivity contribution >= 4 is 11.9 Å². The van der Waals surface area contributed by atoms with E-state index in [9.17, 15) is 9.59 Å². The van der Waals surface area contributed by atoms with Crippen molar-refractivity contribution in [3.05, 3.63) is 0 Å². The van der Waals surface area contributed by atoms with Crippen LogP contribution in [0.5, 0.6) is 0 Å². The Kier molecular flexibility index (Phi) is 5.25. The van der Waals surface area contributed by atoms with Crippen molar-refractivity contribution in [1.29, 1.82) is 0 Å². The molecule has 1 rings (SSSR count). The van der Waals surface area contributed by atoms with Crippen LogP contribution < -0.4 is 5.32 Å². The monoisotopic (exact) mass is 228 g/mol. The van der Waals surface area contributed by atoms with Crippen molar-refractivity contribution < 1.29 is 14.7 Å². The maximum Gasteiger partial charge on any atom is 0.303 e. The van der Waals surface area contributed by atoms with Crippen molar-refractivity contribution in [2.24, 2.45) is 5.92 Å². The molecule has 2 N–H and O–H groups in total. The van der Waals surface area contributed by atoms with Gasteiger partial charge in [-0.25, -0.2) is 0 Å². The van der Waals surface area contributed by atoms with Gasteiger partial charge in [0.2, 0.25) is 5.91 Å². The first-order valence-corrected chi connectivity index (χ1v) is 5.75. The van der Waals surface area contributed by atoms with Crippen LogP contribution in [0.2, 0.25) is 0 Å². The first kappa shape index (κ1) is 13.0. The standard InChI is InChI=1S/C11H20N2O3/c1-13-6-2-3-9(8-13)7-12-10(14)4-5-11(15)16/h9H,2-8H2,1H3,(H,12,14)(H,15,16). The molecule has 0 aromatic rings. The Morgan fingerprint density at radius 1 is 1.44 bits per heavy atom. The van der Waals surface area contributed by atoms with Crippen LogP contribution in [-0.4, -0.2) is 48.6 Å². The van der Waals surface area contributed by atoms with Gasteiger partial charge in [0, 0.05) is 19.5 Å². The molecule has 1 amide bonds. The molecule has 0 aliphatic carbocycles. The Morgan fingerprint density at radius 2 is 2.19 bits per heavy atom. The molecule has 0 aromatic heterocycles. The first-order chi connectivity index (χ1) is 7.58. The Morgan fingerprint density at radius 3 is 2.81 bits per heavy atom. The average molecular weight is 228 g/mol. The second-order valence-corrected chi connectivity index (χ2v) is 4.47. The van der Waals surface area contributed by atoms with E-state index in [1.54, 1.807) is 0 Å².